The lowest BCUT2D eigenvalue weighted by Gasteiger charge is -2.41. The number of aromatic nitrogens is 3. The van der Waals surface area contributed by atoms with Crippen molar-refractivity contribution in [1.29, 1.82) is 0 Å². The summed E-state index contributed by atoms with van der Waals surface area (Å²) < 4.78 is 53.5. The summed E-state index contributed by atoms with van der Waals surface area (Å²) in [7, 11) is 1.43. The monoisotopic (exact) mass is 441 g/mol. The fourth-order valence-corrected chi connectivity index (χ4v) is 4.11. The molecular weight excluding hydrogens is 423 g/mol. The highest BCUT2D eigenvalue weighted by Gasteiger charge is 2.47. The predicted octanol–water partition coefficient (Wildman–Crippen LogP) is 5.11. The smallest absolute Gasteiger partial charge is 0.390 e. The molecule has 30 heavy (non-hydrogen) atoms. The molecule has 0 radical (unpaired) electrons. The Morgan fingerprint density at radius 3 is 2.60 bits per heavy atom. The van der Waals surface area contributed by atoms with Gasteiger partial charge in [0.2, 0.25) is 0 Å². The van der Waals surface area contributed by atoms with Crippen molar-refractivity contribution in [3.05, 3.63) is 46.7 Å². The highest BCUT2D eigenvalue weighted by molar-refractivity contribution is 6.33. The minimum atomic E-state index is -4.69. The predicted molar refractivity (Wildman–Crippen MR) is 103 cm³/mol. The van der Waals surface area contributed by atoms with Gasteiger partial charge in [0.1, 0.15) is 5.69 Å². The molecule has 1 aromatic carbocycles. The minimum absolute atomic E-state index is 0.0278. The molecule has 0 spiro atoms. The Kier molecular flexibility index (Phi) is 5.16. The Bertz CT molecular complexity index is 1070. The summed E-state index contributed by atoms with van der Waals surface area (Å²) in [5, 5.41) is 18.3. The molecule has 10 heteroatoms. The van der Waals surface area contributed by atoms with Gasteiger partial charge in [0, 0.05) is 12.7 Å². The third kappa shape index (κ3) is 3.61. The molecule has 3 aromatic rings. The molecular formula is C20H19ClF3N3O3. The standard InChI is InChI=1S/C20H19ClF3N3O3/c1-19(28)7-11(8-19)27-18(20(22,23)24)13(9-25-27)17-14(10-29-2)16(26-30-17)12-5-3-4-6-15(12)21/h3-6,9,11,28H,7-8,10H2,1-2H3/t11-,19+. The molecule has 1 aliphatic rings. The van der Waals surface area contributed by atoms with Gasteiger partial charge in [-0.3, -0.25) is 4.68 Å². The minimum Gasteiger partial charge on any atom is -0.390 e. The van der Waals surface area contributed by atoms with E-state index in [2.05, 4.69) is 10.3 Å². The van der Waals surface area contributed by atoms with Gasteiger partial charge in [-0.25, -0.2) is 0 Å². The molecule has 2 aromatic heterocycles. The van der Waals surface area contributed by atoms with E-state index in [-0.39, 0.29) is 30.8 Å². The lowest BCUT2D eigenvalue weighted by Crippen LogP contribution is -2.43. The molecule has 0 amide bonds. The zero-order chi connectivity index (χ0) is 21.7. The van der Waals surface area contributed by atoms with Gasteiger partial charge in [-0.2, -0.15) is 18.3 Å². The number of nitrogens with zero attached hydrogens (tertiary/aromatic N) is 3. The molecule has 0 bridgehead atoms. The second-order valence-electron chi connectivity index (χ2n) is 7.66. The molecule has 1 N–H and O–H groups in total. The first kappa shape index (κ1) is 20.9. The summed E-state index contributed by atoms with van der Waals surface area (Å²) in [5.74, 6) is -0.0728. The summed E-state index contributed by atoms with van der Waals surface area (Å²) in [5.41, 5.74) is -0.989. The fraction of sp³-hybridized carbons (Fsp3) is 0.400. The van der Waals surface area contributed by atoms with Crippen LogP contribution in [0.4, 0.5) is 13.2 Å². The van der Waals surface area contributed by atoms with Gasteiger partial charge in [0.05, 0.1) is 40.6 Å². The molecule has 160 valence electrons. The Balaban J connectivity index is 1.85. The van der Waals surface area contributed by atoms with Gasteiger partial charge < -0.3 is 14.4 Å². The zero-order valence-corrected chi connectivity index (χ0v) is 17.0. The third-order valence-electron chi connectivity index (χ3n) is 5.21. The van der Waals surface area contributed by atoms with Crippen LogP contribution in [-0.4, -0.2) is 32.8 Å². The summed E-state index contributed by atoms with van der Waals surface area (Å²) >= 11 is 6.25. The zero-order valence-electron chi connectivity index (χ0n) is 16.2. The summed E-state index contributed by atoms with van der Waals surface area (Å²) in [6.45, 7) is 1.56. The maximum absolute atomic E-state index is 14.0. The molecule has 0 atom stereocenters. The number of ether oxygens (including phenoxy) is 1. The van der Waals surface area contributed by atoms with Crippen LogP contribution in [0, 0.1) is 0 Å². The van der Waals surface area contributed by atoms with E-state index < -0.39 is 23.5 Å². The second kappa shape index (κ2) is 7.40. The average molecular weight is 442 g/mol. The lowest BCUT2D eigenvalue weighted by atomic mass is 9.77. The lowest BCUT2D eigenvalue weighted by molar-refractivity contribution is -0.148. The molecule has 2 heterocycles. The van der Waals surface area contributed by atoms with Crippen molar-refractivity contribution in [2.24, 2.45) is 0 Å². The SMILES string of the molecule is COCc1c(-c2ccccc2Cl)noc1-c1cnn([C@H]2C[C@@](C)(O)C2)c1C(F)(F)F. The average Bonchev–Trinajstić information content (AvgIpc) is 3.24. The van der Waals surface area contributed by atoms with Gasteiger partial charge in [0.15, 0.2) is 11.5 Å². The van der Waals surface area contributed by atoms with Crippen molar-refractivity contribution >= 4 is 11.6 Å². The number of hydrogen-bond acceptors (Lipinski definition) is 5. The summed E-state index contributed by atoms with van der Waals surface area (Å²) in [6, 6.07) is 6.29. The first-order valence-corrected chi connectivity index (χ1v) is 9.60. The van der Waals surface area contributed by atoms with E-state index in [1.807, 2.05) is 0 Å². The van der Waals surface area contributed by atoms with Crippen molar-refractivity contribution in [2.75, 3.05) is 7.11 Å². The maximum atomic E-state index is 14.0. The molecule has 0 aliphatic heterocycles. The van der Waals surface area contributed by atoms with Crippen LogP contribution in [0.5, 0.6) is 0 Å². The van der Waals surface area contributed by atoms with Gasteiger partial charge in [0.25, 0.3) is 0 Å². The number of methoxy groups -OCH3 is 1. The van der Waals surface area contributed by atoms with E-state index in [4.69, 9.17) is 20.9 Å². The van der Waals surface area contributed by atoms with Crippen LogP contribution in [-0.2, 0) is 17.5 Å². The van der Waals surface area contributed by atoms with Crippen LogP contribution >= 0.6 is 11.6 Å². The number of hydrogen-bond donors (Lipinski definition) is 1. The van der Waals surface area contributed by atoms with Crippen molar-refractivity contribution in [3.63, 3.8) is 0 Å². The largest absolute Gasteiger partial charge is 0.433 e. The maximum Gasteiger partial charge on any atom is 0.433 e. The Hall–Kier alpha value is -2.36. The normalized spacial score (nSPS) is 21.6. The van der Waals surface area contributed by atoms with Gasteiger partial charge in [-0.15, -0.1) is 0 Å². The summed E-state index contributed by atoms with van der Waals surface area (Å²) in [6.07, 6.45) is -3.20. The fourth-order valence-electron chi connectivity index (χ4n) is 3.88. The van der Waals surface area contributed by atoms with E-state index in [0.29, 0.717) is 21.8 Å². The van der Waals surface area contributed by atoms with Crippen molar-refractivity contribution in [2.45, 2.75) is 44.2 Å². The first-order chi connectivity index (χ1) is 14.1. The van der Waals surface area contributed by atoms with Gasteiger partial charge in [-0.1, -0.05) is 35.0 Å². The van der Waals surface area contributed by atoms with Crippen LogP contribution in [0.1, 0.15) is 37.1 Å². The number of rotatable bonds is 5. The highest BCUT2D eigenvalue weighted by Crippen LogP contribution is 2.47. The van der Waals surface area contributed by atoms with Crippen molar-refractivity contribution < 1.29 is 27.5 Å². The van der Waals surface area contributed by atoms with Crippen molar-refractivity contribution in [3.8, 4) is 22.6 Å². The van der Waals surface area contributed by atoms with E-state index in [1.165, 1.54) is 7.11 Å². The van der Waals surface area contributed by atoms with E-state index in [1.54, 1.807) is 31.2 Å². The Labute approximate surface area is 175 Å². The highest BCUT2D eigenvalue weighted by atomic mass is 35.5. The van der Waals surface area contributed by atoms with E-state index in [0.717, 1.165) is 10.9 Å². The van der Waals surface area contributed by atoms with E-state index in [9.17, 15) is 18.3 Å². The number of benzene rings is 1. The number of alkyl halides is 3. The topological polar surface area (TPSA) is 73.3 Å². The summed E-state index contributed by atoms with van der Waals surface area (Å²) in [4.78, 5) is 0. The second-order valence-corrected chi connectivity index (χ2v) is 8.07. The van der Waals surface area contributed by atoms with Crippen LogP contribution in [0.25, 0.3) is 22.6 Å². The molecule has 4 rings (SSSR count). The molecule has 1 fully saturated rings. The van der Waals surface area contributed by atoms with E-state index >= 15 is 0 Å². The van der Waals surface area contributed by atoms with Crippen LogP contribution in [0.15, 0.2) is 35.0 Å². The number of aliphatic hydroxyl groups is 1. The van der Waals surface area contributed by atoms with Crippen molar-refractivity contribution in [1.82, 2.24) is 14.9 Å². The third-order valence-corrected chi connectivity index (χ3v) is 5.54. The number of halogens is 4. The molecule has 6 nitrogen and oxygen atoms in total. The molecule has 1 saturated carbocycles. The Morgan fingerprint density at radius 2 is 2.00 bits per heavy atom. The van der Waals surface area contributed by atoms with Crippen LogP contribution in [0.3, 0.4) is 0 Å². The molecule has 0 saturated heterocycles. The van der Waals surface area contributed by atoms with Crippen LogP contribution in [0.2, 0.25) is 5.02 Å². The Morgan fingerprint density at radius 1 is 1.30 bits per heavy atom. The quantitative estimate of drug-likeness (QED) is 0.595. The molecule has 0 unspecified atom stereocenters. The van der Waals surface area contributed by atoms with Crippen LogP contribution < -0.4 is 0 Å². The van der Waals surface area contributed by atoms with Gasteiger partial charge >= 0.3 is 6.18 Å². The molecule has 1 aliphatic carbocycles. The van der Waals surface area contributed by atoms with Gasteiger partial charge in [-0.05, 0) is 25.8 Å². The first-order valence-electron chi connectivity index (χ1n) is 9.22.